The van der Waals surface area contributed by atoms with Crippen LogP contribution < -0.4 is 5.43 Å². The number of amides is 1. The summed E-state index contributed by atoms with van der Waals surface area (Å²) in [5.41, 5.74) is 5.61. The van der Waals surface area contributed by atoms with E-state index in [4.69, 9.17) is 0 Å². The summed E-state index contributed by atoms with van der Waals surface area (Å²) in [6.07, 6.45) is 1.95. The van der Waals surface area contributed by atoms with Crippen LogP contribution in [0.5, 0.6) is 0 Å². The predicted molar refractivity (Wildman–Crippen MR) is 84.8 cm³/mol. The molecule has 0 atom stereocenters. The Labute approximate surface area is 126 Å². The zero-order chi connectivity index (χ0) is 14.4. The summed E-state index contributed by atoms with van der Waals surface area (Å²) >= 11 is 3.38. The molecule has 0 aliphatic carbocycles. The van der Waals surface area contributed by atoms with Crippen LogP contribution in [0.1, 0.15) is 16.7 Å². The normalized spacial score (nSPS) is 10.7. The molecule has 0 bridgehead atoms. The summed E-state index contributed by atoms with van der Waals surface area (Å²) in [6.45, 7) is 2.02. The number of benzene rings is 2. The van der Waals surface area contributed by atoms with Crippen molar-refractivity contribution in [3.8, 4) is 0 Å². The number of hydrogen-bond acceptors (Lipinski definition) is 2. The minimum Gasteiger partial charge on any atom is -0.273 e. The number of nitrogens with zero attached hydrogens (tertiary/aromatic N) is 1. The molecular weight excluding hydrogens is 316 g/mol. The molecule has 1 amide bonds. The van der Waals surface area contributed by atoms with Gasteiger partial charge in [0.1, 0.15) is 0 Å². The van der Waals surface area contributed by atoms with Gasteiger partial charge in [0.05, 0.1) is 12.6 Å². The van der Waals surface area contributed by atoms with E-state index in [1.165, 1.54) is 5.56 Å². The van der Waals surface area contributed by atoms with E-state index in [0.717, 1.165) is 15.6 Å². The maximum Gasteiger partial charge on any atom is 0.244 e. The summed E-state index contributed by atoms with van der Waals surface area (Å²) in [5.74, 6) is -0.125. The number of halogens is 1. The van der Waals surface area contributed by atoms with Gasteiger partial charge in [-0.3, -0.25) is 4.79 Å². The van der Waals surface area contributed by atoms with Gasteiger partial charge in [-0.15, -0.1) is 0 Å². The van der Waals surface area contributed by atoms with Crippen LogP contribution in [0.3, 0.4) is 0 Å². The fourth-order valence-corrected chi connectivity index (χ4v) is 2.11. The van der Waals surface area contributed by atoms with Crippen molar-refractivity contribution in [2.75, 3.05) is 0 Å². The van der Waals surface area contributed by atoms with Crippen molar-refractivity contribution in [1.82, 2.24) is 5.43 Å². The molecule has 4 heteroatoms. The number of aryl methyl sites for hydroxylation is 1. The zero-order valence-electron chi connectivity index (χ0n) is 11.1. The molecule has 20 heavy (non-hydrogen) atoms. The average Bonchev–Trinajstić information content (AvgIpc) is 2.41. The van der Waals surface area contributed by atoms with E-state index < -0.39 is 0 Å². The second-order valence-electron chi connectivity index (χ2n) is 4.51. The first-order valence-corrected chi connectivity index (χ1v) is 7.06. The molecule has 0 radical (unpaired) electrons. The Kier molecular flexibility index (Phi) is 5.07. The van der Waals surface area contributed by atoms with Crippen LogP contribution in [0, 0.1) is 6.92 Å². The molecule has 0 aliphatic heterocycles. The van der Waals surface area contributed by atoms with Gasteiger partial charge in [-0.05, 0) is 30.2 Å². The lowest BCUT2D eigenvalue weighted by molar-refractivity contribution is -0.120. The molecule has 2 rings (SSSR count). The van der Waals surface area contributed by atoms with Crippen molar-refractivity contribution in [2.24, 2.45) is 5.10 Å². The third kappa shape index (κ3) is 4.63. The standard InChI is InChI=1S/C16H15BrN2O/c1-12-5-7-13(8-6-12)10-16(20)19-18-11-14-3-2-4-15(17)9-14/h2-9,11H,10H2,1H3,(H,19,20)/b18-11-. The Hall–Kier alpha value is -1.94. The number of nitrogens with one attached hydrogen (secondary N) is 1. The predicted octanol–water partition coefficient (Wildman–Crippen LogP) is 3.45. The minimum absolute atomic E-state index is 0.125. The summed E-state index contributed by atoms with van der Waals surface area (Å²) in [5, 5.41) is 3.95. The molecule has 2 aromatic rings. The average molecular weight is 331 g/mol. The molecule has 1 N–H and O–H groups in total. The molecule has 3 nitrogen and oxygen atoms in total. The fourth-order valence-electron chi connectivity index (χ4n) is 1.70. The number of carbonyl (C=O) groups is 1. The van der Waals surface area contributed by atoms with Crippen LogP contribution in [0.4, 0.5) is 0 Å². The first-order valence-electron chi connectivity index (χ1n) is 6.26. The van der Waals surface area contributed by atoms with E-state index in [9.17, 15) is 4.79 Å². The van der Waals surface area contributed by atoms with E-state index in [1.807, 2.05) is 55.5 Å². The summed E-state index contributed by atoms with van der Waals surface area (Å²) in [6, 6.07) is 15.6. The Balaban J connectivity index is 1.87. The van der Waals surface area contributed by atoms with Crippen LogP contribution in [0.25, 0.3) is 0 Å². The van der Waals surface area contributed by atoms with E-state index >= 15 is 0 Å². The lowest BCUT2D eigenvalue weighted by Crippen LogP contribution is -2.19. The molecule has 0 unspecified atom stereocenters. The highest BCUT2D eigenvalue weighted by Gasteiger charge is 2.01. The number of hydrazone groups is 1. The molecule has 2 aromatic carbocycles. The van der Waals surface area contributed by atoms with Crippen molar-refractivity contribution in [2.45, 2.75) is 13.3 Å². The number of carbonyl (C=O) groups excluding carboxylic acids is 1. The Morgan fingerprint density at radius 3 is 2.70 bits per heavy atom. The Morgan fingerprint density at radius 1 is 1.25 bits per heavy atom. The van der Waals surface area contributed by atoms with Crippen LogP contribution in [-0.2, 0) is 11.2 Å². The van der Waals surface area contributed by atoms with Gasteiger partial charge in [-0.1, -0.05) is 57.9 Å². The number of hydrogen-bond donors (Lipinski definition) is 1. The second kappa shape index (κ2) is 7.01. The van der Waals surface area contributed by atoms with E-state index in [2.05, 4.69) is 26.5 Å². The lowest BCUT2D eigenvalue weighted by atomic mass is 10.1. The highest BCUT2D eigenvalue weighted by atomic mass is 79.9. The van der Waals surface area contributed by atoms with Crippen LogP contribution in [0.2, 0.25) is 0 Å². The lowest BCUT2D eigenvalue weighted by Gasteiger charge is -2.01. The molecule has 0 fully saturated rings. The van der Waals surface area contributed by atoms with Crippen molar-refractivity contribution in [3.63, 3.8) is 0 Å². The maximum absolute atomic E-state index is 11.7. The van der Waals surface area contributed by atoms with E-state index in [0.29, 0.717) is 6.42 Å². The van der Waals surface area contributed by atoms with Crippen molar-refractivity contribution < 1.29 is 4.79 Å². The zero-order valence-corrected chi connectivity index (χ0v) is 12.7. The first kappa shape index (κ1) is 14.5. The molecular formula is C16H15BrN2O. The molecule has 0 aromatic heterocycles. The first-order chi connectivity index (χ1) is 9.63. The second-order valence-corrected chi connectivity index (χ2v) is 5.43. The Morgan fingerprint density at radius 2 is 2.00 bits per heavy atom. The third-order valence-electron chi connectivity index (χ3n) is 2.74. The minimum atomic E-state index is -0.125. The smallest absolute Gasteiger partial charge is 0.244 e. The molecule has 0 heterocycles. The van der Waals surface area contributed by atoms with Gasteiger partial charge < -0.3 is 0 Å². The molecule has 0 aliphatic rings. The molecule has 0 saturated carbocycles. The molecule has 0 saturated heterocycles. The van der Waals surface area contributed by atoms with Gasteiger partial charge in [0.15, 0.2) is 0 Å². The highest BCUT2D eigenvalue weighted by Crippen LogP contribution is 2.09. The molecule has 0 spiro atoms. The topological polar surface area (TPSA) is 41.5 Å². The van der Waals surface area contributed by atoms with E-state index in [1.54, 1.807) is 6.21 Å². The van der Waals surface area contributed by atoms with Crippen LogP contribution >= 0.6 is 15.9 Å². The van der Waals surface area contributed by atoms with Crippen molar-refractivity contribution in [1.29, 1.82) is 0 Å². The Bertz CT molecular complexity index is 621. The largest absolute Gasteiger partial charge is 0.273 e. The molecule has 102 valence electrons. The van der Waals surface area contributed by atoms with E-state index in [-0.39, 0.29) is 5.91 Å². The van der Waals surface area contributed by atoms with Crippen molar-refractivity contribution >= 4 is 28.1 Å². The summed E-state index contributed by atoms with van der Waals surface area (Å²) < 4.78 is 0.979. The quantitative estimate of drug-likeness (QED) is 0.677. The maximum atomic E-state index is 11.7. The van der Waals surface area contributed by atoms with Crippen LogP contribution in [-0.4, -0.2) is 12.1 Å². The highest BCUT2D eigenvalue weighted by molar-refractivity contribution is 9.10. The van der Waals surface area contributed by atoms with Gasteiger partial charge in [-0.25, -0.2) is 5.43 Å². The number of rotatable bonds is 4. The van der Waals surface area contributed by atoms with Gasteiger partial charge in [0.2, 0.25) is 5.91 Å². The summed E-state index contributed by atoms with van der Waals surface area (Å²) in [4.78, 5) is 11.7. The fraction of sp³-hybridized carbons (Fsp3) is 0.125. The van der Waals surface area contributed by atoms with Crippen molar-refractivity contribution in [3.05, 3.63) is 69.7 Å². The van der Waals surface area contributed by atoms with Gasteiger partial charge in [0.25, 0.3) is 0 Å². The van der Waals surface area contributed by atoms with Gasteiger partial charge in [0, 0.05) is 4.47 Å². The summed E-state index contributed by atoms with van der Waals surface area (Å²) in [7, 11) is 0. The van der Waals surface area contributed by atoms with Gasteiger partial charge in [-0.2, -0.15) is 5.10 Å². The monoisotopic (exact) mass is 330 g/mol. The van der Waals surface area contributed by atoms with Gasteiger partial charge >= 0.3 is 0 Å². The third-order valence-corrected chi connectivity index (χ3v) is 3.23. The SMILES string of the molecule is Cc1ccc(CC(=O)N/N=C\c2cccc(Br)c2)cc1. The van der Waals surface area contributed by atoms with Crippen LogP contribution in [0.15, 0.2) is 58.1 Å².